The van der Waals surface area contributed by atoms with Crippen LogP contribution in [0.2, 0.25) is 0 Å². The van der Waals surface area contributed by atoms with Gasteiger partial charge in [0.1, 0.15) is 6.04 Å². The molecular weight excluding hydrogens is 284 g/mol. The molecule has 1 heterocycles. The molecule has 0 aromatic heterocycles. The van der Waals surface area contributed by atoms with Crippen molar-refractivity contribution in [3.8, 4) is 6.07 Å². The normalized spacial score (nSPS) is 46.0. The van der Waals surface area contributed by atoms with E-state index in [9.17, 15) is 9.90 Å². The highest BCUT2D eigenvalue weighted by atomic mass is 16.3. The van der Waals surface area contributed by atoms with Gasteiger partial charge in [-0.2, -0.15) is 5.26 Å². The van der Waals surface area contributed by atoms with E-state index in [1.807, 2.05) is 0 Å². The Morgan fingerprint density at radius 2 is 2.05 bits per heavy atom. The van der Waals surface area contributed by atoms with Crippen LogP contribution in [-0.2, 0) is 4.79 Å². The van der Waals surface area contributed by atoms with Gasteiger partial charge in [0.05, 0.1) is 18.2 Å². The van der Waals surface area contributed by atoms with E-state index in [2.05, 4.69) is 11.4 Å². The summed E-state index contributed by atoms with van der Waals surface area (Å²) >= 11 is 0. The first kappa shape index (κ1) is 14.5. The number of likely N-dealkylation sites (tertiary alicyclic amines) is 1. The molecular formula is C17H25N3O2. The molecule has 5 rings (SSSR count). The van der Waals surface area contributed by atoms with Crippen LogP contribution in [0.5, 0.6) is 0 Å². The summed E-state index contributed by atoms with van der Waals surface area (Å²) in [6.45, 7) is 1.02. The summed E-state index contributed by atoms with van der Waals surface area (Å²) in [5, 5.41) is 23.4. The number of amides is 1. The summed E-state index contributed by atoms with van der Waals surface area (Å²) in [6.07, 6.45) is 7.87. The zero-order chi connectivity index (χ0) is 15.4. The summed E-state index contributed by atoms with van der Waals surface area (Å²) in [4.78, 5) is 14.2. The molecule has 4 bridgehead atoms. The van der Waals surface area contributed by atoms with Crippen LogP contribution in [0.1, 0.15) is 51.4 Å². The molecule has 1 amide bonds. The Hall–Kier alpha value is -1.12. The highest BCUT2D eigenvalue weighted by molar-refractivity contribution is 5.79. The van der Waals surface area contributed by atoms with Gasteiger partial charge in [0.15, 0.2) is 0 Å². The van der Waals surface area contributed by atoms with Crippen molar-refractivity contribution in [2.24, 2.45) is 11.8 Å². The molecule has 2 N–H and O–H groups in total. The average Bonchev–Trinajstić information content (AvgIpc) is 2.90. The van der Waals surface area contributed by atoms with Crippen LogP contribution in [0.15, 0.2) is 0 Å². The Kier molecular flexibility index (Phi) is 3.25. The van der Waals surface area contributed by atoms with Crippen molar-refractivity contribution in [2.75, 3.05) is 13.1 Å². The number of nitrogens with zero attached hydrogens (tertiary/aromatic N) is 2. The minimum Gasteiger partial charge on any atom is -0.390 e. The van der Waals surface area contributed by atoms with Gasteiger partial charge in [0.25, 0.3) is 0 Å². The fourth-order valence-electron chi connectivity index (χ4n) is 5.99. The van der Waals surface area contributed by atoms with Gasteiger partial charge in [-0.25, -0.2) is 0 Å². The largest absolute Gasteiger partial charge is 0.390 e. The highest BCUT2D eigenvalue weighted by Crippen LogP contribution is 2.57. The Balaban J connectivity index is 1.41. The van der Waals surface area contributed by atoms with Crippen LogP contribution in [0.4, 0.5) is 0 Å². The third-order valence-corrected chi connectivity index (χ3v) is 6.37. The fraction of sp³-hybridized carbons (Fsp3) is 0.882. The zero-order valence-electron chi connectivity index (χ0n) is 13.1. The molecule has 5 nitrogen and oxygen atoms in total. The van der Waals surface area contributed by atoms with Gasteiger partial charge >= 0.3 is 0 Å². The van der Waals surface area contributed by atoms with Crippen LogP contribution < -0.4 is 5.32 Å². The molecule has 0 radical (unpaired) electrons. The number of nitriles is 1. The lowest BCUT2D eigenvalue weighted by Crippen LogP contribution is -2.65. The van der Waals surface area contributed by atoms with E-state index in [1.165, 1.54) is 6.42 Å². The average molecular weight is 309 g/mol. The van der Waals surface area contributed by atoms with Gasteiger partial charge in [-0.3, -0.25) is 4.79 Å². The standard InChI is InChI=1S/C17H25N3O2/c18-9-14-2-1-3-20(14)15(21)10-19-16-5-12-4-13(6-16)8-17(22,7-12)11-16/h12-14,19,22H,1-8,10-11H2/t12?,13?,14-,16?,17?/m0/s1/i1+1,2+1,3+1,9+1,14+1,20+1. The van der Waals surface area contributed by atoms with Crippen molar-refractivity contribution in [3.05, 3.63) is 0 Å². The zero-order valence-corrected chi connectivity index (χ0v) is 13.1. The molecule has 1 aliphatic heterocycles. The van der Waals surface area contributed by atoms with E-state index >= 15 is 0 Å². The maximum Gasteiger partial charge on any atom is 0.237 e. The molecule has 4 aliphatic carbocycles. The first-order valence-corrected chi connectivity index (χ1v) is 8.67. The minimum absolute atomic E-state index is 0.0453. The van der Waals surface area contributed by atoms with Crippen molar-refractivity contribution in [1.29, 1.82) is 5.26 Å². The Bertz CT molecular complexity index is 512. The quantitative estimate of drug-likeness (QED) is 0.606. The maximum absolute atomic E-state index is 12.4. The summed E-state index contributed by atoms with van der Waals surface area (Å²) in [5.41, 5.74) is -0.542. The molecule has 120 valence electrons. The van der Waals surface area contributed by atoms with Crippen LogP contribution in [0, 0.1) is 23.2 Å². The number of nitrogens with one attached hydrogen (secondary N) is 1. The SMILES string of the molecule is N#[13C][13C@@H]1[13CH2][13CH2][13CH2][15N]1C(=O)CNC12CC3CC(CC(O)(C3)C1)C2. The molecule has 0 aromatic rings. The smallest absolute Gasteiger partial charge is 0.237 e. The number of carbonyl (C=O) groups excluding carboxylic acids is 1. The van der Waals surface area contributed by atoms with Gasteiger partial charge in [-0.15, -0.1) is 0 Å². The number of rotatable bonds is 3. The highest BCUT2D eigenvalue weighted by Gasteiger charge is 2.57. The summed E-state index contributed by atoms with van der Waals surface area (Å²) in [5.74, 6) is 1.28. The number of hydrogen-bond donors (Lipinski definition) is 2. The number of hydrogen-bond acceptors (Lipinski definition) is 4. The van der Waals surface area contributed by atoms with Crippen LogP contribution in [0.3, 0.4) is 0 Å². The number of carbonyl (C=O) groups is 1. The lowest BCUT2D eigenvalue weighted by atomic mass is 9.51. The second-order valence-corrected chi connectivity index (χ2v) is 8.19. The second-order valence-electron chi connectivity index (χ2n) is 8.19. The van der Waals surface area contributed by atoms with E-state index in [4.69, 9.17) is 5.26 Å². The molecule has 3 atom stereocenters. The molecule has 2 unspecified atom stereocenters. The molecule has 1 saturated heterocycles. The Morgan fingerprint density at radius 3 is 2.68 bits per heavy atom. The minimum atomic E-state index is -0.497. The van der Waals surface area contributed by atoms with Gasteiger partial charge in [-0.05, 0) is 63.2 Å². The van der Waals surface area contributed by atoms with Crippen molar-refractivity contribution in [1.82, 2.24) is 10.2 Å². The predicted octanol–water partition coefficient (Wildman–Crippen LogP) is 1.17. The molecule has 4 saturated carbocycles. The Labute approximate surface area is 131 Å². The molecule has 5 fully saturated rings. The Morgan fingerprint density at radius 1 is 1.32 bits per heavy atom. The van der Waals surface area contributed by atoms with Gasteiger partial charge in [0.2, 0.25) is 5.91 Å². The fourth-order valence-corrected chi connectivity index (χ4v) is 5.99. The first-order chi connectivity index (χ1) is 10.5. The lowest BCUT2D eigenvalue weighted by molar-refractivity contribution is -0.147. The number of aliphatic hydroxyl groups is 1. The molecule has 0 aromatic carbocycles. The lowest BCUT2D eigenvalue weighted by Gasteiger charge is -2.60. The van der Waals surface area contributed by atoms with Crippen LogP contribution in [-0.4, -0.2) is 46.2 Å². The maximum atomic E-state index is 12.4. The van der Waals surface area contributed by atoms with Crippen LogP contribution >= 0.6 is 0 Å². The van der Waals surface area contributed by atoms with E-state index in [-0.39, 0.29) is 17.5 Å². The molecule has 0 spiro atoms. The third-order valence-electron chi connectivity index (χ3n) is 6.37. The molecule has 5 aliphatic rings. The summed E-state index contributed by atoms with van der Waals surface area (Å²) in [7, 11) is 0. The monoisotopic (exact) mass is 309 g/mol. The first-order valence-electron chi connectivity index (χ1n) is 8.67. The molecule has 22 heavy (non-hydrogen) atoms. The summed E-state index contributed by atoms with van der Waals surface area (Å²) in [6, 6.07) is 1.99. The van der Waals surface area contributed by atoms with Gasteiger partial charge in [-0.1, -0.05) is 0 Å². The summed E-state index contributed by atoms with van der Waals surface area (Å²) < 4.78 is 0. The topological polar surface area (TPSA) is 76.4 Å². The van der Waals surface area contributed by atoms with E-state index < -0.39 is 5.60 Å². The predicted molar refractivity (Wildman–Crippen MR) is 80.7 cm³/mol. The van der Waals surface area contributed by atoms with Crippen molar-refractivity contribution in [2.45, 2.75) is 68.5 Å². The van der Waals surface area contributed by atoms with Gasteiger partial charge < -0.3 is 15.3 Å². The molecule has 5 heteroatoms. The second kappa shape index (κ2) is 4.94. The van der Waals surface area contributed by atoms with Gasteiger partial charge in [0, 0.05) is 12.1 Å². The van der Waals surface area contributed by atoms with Crippen molar-refractivity contribution in [3.63, 3.8) is 0 Å². The van der Waals surface area contributed by atoms with Crippen LogP contribution in [0.25, 0.3) is 0 Å². The third kappa shape index (κ3) is 2.33. The van der Waals surface area contributed by atoms with Crippen molar-refractivity contribution >= 4 is 5.91 Å². The van der Waals surface area contributed by atoms with Crippen molar-refractivity contribution < 1.29 is 9.90 Å². The van der Waals surface area contributed by atoms with E-state index in [0.717, 1.165) is 44.9 Å². The van der Waals surface area contributed by atoms with E-state index in [1.54, 1.807) is 4.90 Å². The van der Waals surface area contributed by atoms with E-state index in [0.29, 0.717) is 24.9 Å².